The number of carbonyl (C=O) groups is 1. The molecule has 1 aromatic heterocycles. The predicted octanol–water partition coefficient (Wildman–Crippen LogP) is 2.83. The highest BCUT2D eigenvalue weighted by Crippen LogP contribution is 2.33. The Morgan fingerprint density at radius 3 is 3.05 bits per heavy atom. The van der Waals surface area contributed by atoms with Crippen molar-refractivity contribution in [3.05, 3.63) is 23.9 Å². The summed E-state index contributed by atoms with van der Waals surface area (Å²) in [7, 11) is 3.95. The van der Waals surface area contributed by atoms with Crippen LogP contribution >= 0.6 is 11.6 Å². The van der Waals surface area contributed by atoms with E-state index in [9.17, 15) is 4.79 Å². The highest BCUT2D eigenvalue weighted by Gasteiger charge is 2.29. The van der Waals surface area contributed by atoms with Crippen LogP contribution in [0.25, 0.3) is 0 Å². The smallest absolute Gasteiger partial charge is 0.223 e. The fraction of sp³-hybridized carbons (Fsp3) is 0.600. The lowest BCUT2D eigenvalue weighted by molar-refractivity contribution is -0.132. The summed E-state index contributed by atoms with van der Waals surface area (Å²) in [5.41, 5.74) is 1.18. The fourth-order valence-corrected chi connectivity index (χ4v) is 2.79. The predicted molar refractivity (Wildman–Crippen MR) is 82.2 cm³/mol. The highest BCUT2D eigenvalue weighted by atomic mass is 35.5. The molecule has 2 heterocycles. The summed E-state index contributed by atoms with van der Waals surface area (Å²) in [6.45, 7) is 0.853. The van der Waals surface area contributed by atoms with Crippen LogP contribution in [0, 0.1) is 0 Å². The Bertz CT molecular complexity index is 464. The van der Waals surface area contributed by atoms with Crippen molar-refractivity contribution in [2.75, 3.05) is 31.4 Å². The average molecular weight is 296 g/mol. The van der Waals surface area contributed by atoms with E-state index >= 15 is 0 Å². The minimum absolute atomic E-state index is 0.194. The molecule has 1 amide bonds. The standard InChI is InChI=1S/C15H22ClN3O/c1-18(2)14-11-12(7-9-17-14)13-5-4-10-19(13)15(20)6-3-8-16/h7,9,11,13H,3-6,8,10H2,1-2H3. The molecule has 0 bridgehead atoms. The van der Waals surface area contributed by atoms with Crippen LogP contribution in [0.3, 0.4) is 0 Å². The molecule has 0 aliphatic carbocycles. The molecule has 110 valence electrons. The van der Waals surface area contributed by atoms with Gasteiger partial charge in [-0.3, -0.25) is 4.79 Å². The van der Waals surface area contributed by atoms with E-state index < -0.39 is 0 Å². The molecule has 0 saturated carbocycles. The summed E-state index contributed by atoms with van der Waals surface area (Å²) in [5.74, 6) is 1.70. The van der Waals surface area contributed by atoms with Gasteiger partial charge in [-0.25, -0.2) is 4.98 Å². The lowest BCUT2D eigenvalue weighted by Crippen LogP contribution is -2.30. The van der Waals surface area contributed by atoms with Crippen molar-refractivity contribution in [3.8, 4) is 0 Å². The van der Waals surface area contributed by atoms with Crippen LogP contribution in [-0.4, -0.2) is 42.3 Å². The van der Waals surface area contributed by atoms with E-state index in [1.54, 1.807) is 0 Å². The number of amides is 1. The first-order valence-corrected chi connectivity index (χ1v) is 7.65. The van der Waals surface area contributed by atoms with E-state index in [-0.39, 0.29) is 11.9 Å². The minimum atomic E-state index is 0.194. The van der Waals surface area contributed by atoms with Crippen molar-refractivity contribution in [1.82, 2.24) is 9.88 Å². The van der Waals surface area contributed by atoms with Crippen molar-refractivity contribution in [2.45, 2.75) is 31.7 Å². The molecule has 0 spiro atoms. The Hall–Kier alpha value is -1.29. The number of rotatable bonds is 5. The van der Waals surface area contributed by atoms with Crippen LogP contribution < -0.4 is 4.90 Å². The topological polar surface area (TPSA) is 36.4 Å². The second-order valence-corrected chi connectivity index (χ2v) is 5.76. The zero-order chi connectivity index (χ0) is 14.5. The zero-order valence-corrected chi connectivity index (χ0v) is 12.9. The Kier molecular flexibility index (Phi) is 5.24. The molecule has 1 atom stereocenters. The van der Waals surface area contributed by atoms with Gasteiger partial charge in [0.15, 0.2) is 0 Å². The first-order valence-electron chi connectivity index (χ1n) is 7.12. The van der Waals surface area contributed by atoms with Gasteiger partial charge in [0.25, 0.3) is 0 Å². The Morgan fingerprint density at radius 2 is 2.35 bits per heavy atom. The zero-order valence-electron chi connectivity index (χ0n) is 12.2. The third-order valence-electron chi connectivity index (χ3n) is 3.71. The molecule has 1 aliphatic heterocycles. The largest absolute Gasteiger partial charge is 0.363 e. The summed E-state index contributed by atoms with van der Waals surface area (Å²) in [4.78, 5) is 20.6. The maximum atomic E-state index is 12.2. The summed E-state index contributed by atoms with van der Waals surface area (Å²) in [6.07, 6.45) is 5.22. The number of halogens is 1. The van der Waals surface area contributed by atoms with Crippen molar-refractivity contribution >= 4 is 23.3 Å². The second-order valence-electron chi connectivity index (χ2n) is 5.38. The summed E-state index contributed by atoms with van der Waals surface area (Å²) < 4.78 is 0. The molecule has 2 rings (SSSR count). The number of anilines is 1. The highest BCUT2D eigenvalue weighted by molar-refractivity contribution is 6.17. The maximum absolute atomic E-state index is 12.2. The molecule has 0 aromatic carbocycles. The lowest BCUT2D eigenvalue weighted by atomic mass is 10.1. The first-order chi connectivity index (χ1) is 9.63. The number of nitrogens with zero attached hydrogens (tertiary/aromatic N) is 3. The normalized spacial score (nSPS) is 18.4. The Balaban J connectivity index is 2.14. The average Bonchev–Trinajstić information content (AvgIpc) is 2.94. The van der Waals surface area contributed by atoms with Gasteiger partial charge < -0.3 is 9.80 Å². The van der Waals surface area contributed by atoms with Gasteiger partial charge in [0, 0.05) is 39.1 Å². The van der Waals surface area contributed by atoms with Crippen LogP contribution in [0.4, 0.5) is 5.82 Å². The van der Waals surface area contributed by atoms with Gasteiger partial charge in [0.1, 0.15) is 5.82 Å². The molecule has 1 unspecified atom stereocenters. The maximum Gasteiger partial charge on any atom is 0.223 e. The summed E-state index contributed by atoms with van der Waals surface area (Å²) >= 11 is 5.68. The molecule has 0 radical (unpaired) electrons. The first kappa shape index (κ1) is 15.1. The number of aromatic nitrogens is 1. The third-order valence-corrected chi connectivity index (χ3v) is 3.98. The molecular weight excluding hydrogens is 274 g/mol. The van der Waals surface area contributed by atoms with Crippen LogP contribution in [0.15, 0.2) is 18.3 Å². The van der Waals surface area contributed by atoms with E-state index in [1.807, 2.05) is 36.2 Å². The molecule has 1 fully saturated rings. The molecule has 1 saturated heterocycles. The molecule has 5 heteroatoms. The third kappa shape index (κ3) is 3.42. The van der Waals surface area contributed by atoms with Gasteiger partial charge in [-0.15, -0.1) is 11.6 Å². The molecule has 1 aromatic rings. The van der Waals surface area contributed by atoms with Gasteiger partial charge in [-0.1, -0.05) is 0 Å². The number of alkyl halides is 1. The van der Waals surface area contributed by atoms with Crippen LogP contribution in [-0.2, 0) is 4.79 Å². The van der Waals surface area contributed by atoms with Gasteiger partial charge in [0.05, 0.1) is 6.04 Å². The van der Waals surface area contributed by atoms with Gasteiger partial charge >= 0.3 is 0 Å². The van der Waals surface area contributed by atoms with Crippen molar-refractivity contribution < 1.29 is 4.79 Å². The van der Waals surface area contributed by atoms with Gasteiger partial charge in [0.2, 0.25) is 5.91 Å². The van der Waals surface area contributed by atoms with E-state index in [2.05, 4.69) is 11.1 Å². The van der Waals surface area contributed by atoms with Crippen molar-refractivity contribution in [3.63, 3.8) is 0 Å². The molecule has 1 aliphatic rings. The van der Waals surface area contributed by atoms with Crippen LogP contribution in [0.1, 0.15) is 37.3 Å². The molecular formula is C15H22ClN3O. The van der Waals surface area contributed by atoms with Crippen molar-refractivity contribution in [2.24, 2.45) is 0 Å². The van der Waals surface area contributed by atoms with Gasteiger partial charge in [-0.2, -0.15) is 0 Å². The number of carbonyl (C=O) groups excluding carboxylic acids is 1. The molecule has 4 nitrogen and oxygen atoms in total. The minimum Gasteiger partial charge on any atom is -0.363 e. The van der Waals surface area contributed by atoms with Crippen LogP contribution in [0.5, 0.6) is 0 Å². The number of hydrogen-bond acceptors (Lipinski definition) is 3. The Labute approximate surface area is 125 Å². The van der Waals surface area contributed by atoms with Gasteiger partial charge in [-0.05, 0) is 37.0 Å². The second kappa shape index (κ2) is 6.93. The molecule has 20 heavy (non-hydrogen) atoms. The number of likely N-dealkylation sites (tertiary alicyclic amines) is 1. The van der Waals surface area contributed by atoms with Crippen molar-refractivity contribution in [1.29, 1.82) is 0 Å². The summed E-state index contributed by atoms with van der Waals surface area (Å²) in [5, 5.41) is 0. The number of pyridine rings is 1. The SMILES string of the molecule is CN(C)c1cc(C2CCCN2C(=O)CCCCl)ccn1. The Morgan fingerprint density at radius 1 is 1.55 bits per heavy atom. The number of hydrogen-bond donors (Lipinski definition) is 0. The van der Waals surface area contributed by atoms with E-state index in [0.29, 0.717) is 12.3 Å². The quantitative estimate of drug-likeness (QED) is 0.784. The monoisotopic (exact) mass is 295 g/mol. The van der Waals surface area contributed by atoms with E-state index in [1.165, 1.54) is 5.56 Å². The fourth-order valence-electron chi connectivity index (χ4n) is 2.66. The van der Waals surface area contributed by atoms with E-state index in [0.717, 1.165) is 31.6 Å². The lowest BCUT2D eigenvalue weighted by Gasteiger charge is -2.26. The van der Waals surface area contributed by atoms with E-state index in [4.69, 9.17) is 11.6 Å². The molecule has 0 N–H and O–H groups in total. The summed E-state index contributed by atoms with van der Waals surface area (Å²) in [6, 6.07) is 4.29. The van der Waals surface area contributed by atoms with Crippen LogP contribution in [0.2, 0.25) is 0 Å².